The van der Waals surface area contributed by atoms with Crippen LogP contribution in [0, 0.1) is 6.92 Å². The molecule has 1 aromatic carbocycles. The zero-order valence-corrected chi connectivity index (χ0v) is 15.3. The predicted octanol–water partition coefficient (Wildman–Crippen LogP) is 4.66. The van der Waals surface area contributed by atoms with Crippen molar-refractivity contribution in [1.29, 1.82) is 0 Å². The summed E-state index contributed by atoms with van der Waals surface area (Å²) in [5.41, 5.74) is -0.702. The van der Waals surface area contributed by atoms with Gasteiger partial charge in [-0.05, 0) is 25.5 Å². The van der Waals surface area contributed by atoms with Gasteiger partial charge in [-0.3, -0.25) is 4.79 Å². The van der Waals surface area contributed by atoms with E-state index in [2.05, 4.69) is 10.3 Å². The SMILES string of the molecule is Cc1nc(C(C)(C)C)oc1CCCNC(=O)c1ccccc1C(F)(F)F. The van der Waals surface area contributed by atoms with Gasteiger partial charge in [-0.2, -0.15) is 13.2 Å². The number of alkyl halides is 3. The van der Waals surface area contributed by atoms with Gasteiger partial charge in [0, 0.05) is 18.4 Å². The molecule has 2 rings (SSSR count). The van der Waals surface area contributed by atoms with Crippen LogP contribution in [0.5, 0.6) is 0 Å². The maximum Gasteiger partial charge on any atom is 0.417 e. The Balaban J connectivity index is 1.93. The first kappa shape index (κ1) is 20.0. The Hall–Kier alpha value is -2.31. The molecule has 0 aliphatic rings. The number of halogens is 3. The van der Waals surface area contributed by atoms with Gasteiger partial charge in [-0.25, -0.2) is 4.98 Å². The number of hydrogen-bond acceptors (Lipinski definition) is 3. The summed E-state index contributed by atoms with van der Waals surface area (Å²) in [5.74, 6) is 0.649. The molecule has 1 heterocycles. The van der Waals surface area contributed by atoms with E-state index in [0.717, 1.165) is 17.5 Å². The maximum atomic E-state index is 13.0. The largest absolute Gasteiger partial charge is 0.445 e. The minimum atomic E-state index is -4.56. The van der Waals surface area contributed by atoms with Crippen molar-refractivity contribution >= 4 is 5.91 Å². The number of nitrogens with one attached hydrogen (secondary N) is 1. The van der Waals surface area contributed by atoms with Crippen LogP contribution in [-0.2, 0) is 18.0 Å². The number of benzene rings is 1. The molecule has 0 radical (unpaired) electrons. The summed E-state index contributed by atoms with van der Waals surface area (Å²) in [6, 6.07) is 4.75. The van der Waals surface area contributed by atoms with Crippen LogP contribution >= 0.6 is 0 Å². The molecule has 0 aliphatic heterocycles. The maximum absolute atomic E-state index is 13.0. The van der Waals surface area contributed by atoms with E-state index in [0.29, 0.717) is 18.7 Å². The molecule has 0 fully saturated rings. The van der Waals surface area contributed by atoms with E-state index in [1.165, 1.54) is 18.2 Å². The lowest BCUT2D eigenvalue weighted by Gasteiger charge is -2.12. The normalized spacial score (nSPS) is 12.3. The molecule has 4 nitrogen and oxygen atoms in total. The Morgan fingerprint density at radius 3 is 2.42 bits per heavy atom. The van der Waals surface area contributed by atoms with Gasteiger partial charge in [0.1, 0.15) is 5.76 Å². The molecule has 1 N–H and O–H groups in total. The third-order valence-corrected chi connectivity index (χ3v) is 3.88. The topological polar surface area (TPSA) is 55.1 Å². The fourth-order valence-electron chi connectivity index (χ4n) is 2.46. The molecular formula is C19H23F3N2O2. The summed E-state index contributed by atoms with van der Waals surface area (Å²) in [5, 5.41) is 2.54. The van der Waals surface area contributed by atoms with Crippen molar-refractivity contribution in [2.24, 2.45) is 0 Å². The molecule has 1 amide bonds. The Bertz CT molecular complexity index is 774. The fraction of sp³-hybridized carbons (Fsp3) is 0.474. The molecule has 26 heavy (non-hydrogen) atoms. The summed E-state index contributed by atoms with van der Waals surface area (Å²) in [4.78, 5) is 16.5. The van der Waals surface area contributed by atoms with Crippen LogP contribution in [0.25, 0.3) is 0 Å². The van der Waals surface area contributed by atoms with E-state index >= 15 is 0 Å². The molecule has 2 aromatic rings. The Labute approximate surface area is 150 Å². The van der Waals surface area contributed by atoms with E-state index in [9.17, 15) is 18.0 Å². The second-order valence-electron chi connectivity index (χ2n) is 7.18. The number of amides is 1. The van der Waals surface area contributed by atoms with Crippen molar-refractivity contribution in [3.63, 3.8) is 0 Å². The number of carbonyl (C=O) groups is 1. The van der Waals surface area contributed by atoms with Gasteiger partial charge < -0.3 is 9.73 Å². The van der Waals surface area contributed by atoms with Crippen LogP contribution in [0.2, 0.25) is 0 Å². The van der Waals surface area contributed by atoms with E-state index in [1.54, 1.807) is 0 Å². The number of carbonyl (C=O) groups excluding carboxylic acids is 1. The van der Waals surface area contributed by atoms with Gasteiger partial charge in [0.25, 0.3) is 5.91 Å². The first-order valence-corrected chi connectivity index (χ1v) is 8.41. The number of hydrogen-bond donors (Lipinski definition) is 1. The van der Waals surface area contributed by atoms with E-state index < -0.39 is 17.6 Å². The lowest BCUT2D eigenvalue weighted by Crippen LogP contribution is -2.27. The van der Waals surface area contributed by atoms with Crippen molar-refractivity contribution in [1.82, 2.24) is 10.3 Å². The molecule has 0 bridgehead atoms. The lowest BCUT2D eigenvalue weighted by molar-refractivity contribution is -0.137. The zero-order chi connectivity index (χ0) is 19.5. The Morgan fingerprint density at radius 2 is 1.85 bits per heavy atom. The summed E-state index contributed by atoms with van der Waals surface area (Å²) >= 11 is 0. The number of aromatic nitrogens is 1. The van der Waals surface area contributed by atoms with Gasteiger partial charge in [0.05, 0.1) is 16.8 Å². The highest BCUT2D eigenvalue weighted by Gasteiger charge is 2.34. The molecule has 0 spiro atoms. The zero-order valence-electron chi connectivity index (χ0n) is 15.3. The predicted molar refractivity (Wildman–Crippen MR) is 92.0 cm³/mol. The van der Waals surface area contributed by atoms with Crippen molar-refractivity contribution in [3.05, 3.63) is 52.7 Å². The molecule has 0 saturated carbocycles. The van der Waals surface area contributed by atoms with Gasteiger partial charge in [0.2, 0.25) is 0 Å². The summed E-state index contributed by atoms with van der Waals surface area (Å²) in [6.07, 6.45) is -3.47. The van der Waals surface area contributed by atoms with Gasteiger partial charge in [-0.15, -0.1) is 0 Å². The summed E-state index contributed by atoms with van der Waals surface area (Å²) in [6.45, 7) is 8.10. The Morgan fingerprint density at radius 1 is 1.19 bits per heavy atom. The van der Waals surface area contributed by atoms with Gasteiger partial charge in [0.15, 0.2) is 5.89 Å². The monoisotopic (exact) mass is 368 g/mol. The molecule has 0 aliphatic carbocycles. The highest BCUT2D eigenvalue weighted by atomic mass is 19.4. The van der Waals surface area contributed by atoms with Crippen LogP contribution in [0.15, 0.2) is 28.7 Å². The first-order chi connectivity index (χ1) is 12.0. The third kappa shape index (κ3) is 4.86. The van der Waals surface area contributed by atoms with Gasteiger partial charge >= 0.3 is 6.18 Å². The quantitative estimate of drug-likeness (QED) is 0.781. The first-order valence-electron chi connectivity index (χ1n) is 8.41. The third-order valence-electron chi connectivity index (χ3n) is 3.88. The van der Waals surface area contributed by atoms with Crippen LogP contribution < -0.4 is 5.32 Å². The molecule has 0 saturated heterocycles. The second-order valence-corrected chi connectivity index (χ2v) is 7.18. The van der Waals surface area contributed by atoms with E-state index in [1.807, 2.05) is 27.7 Å². The molecule has 142 valence electrons. The number of oxazole rings is 1. The number of aryl methyl sites for hydroxylation is 2. The van der Waals surface area contributed by atoms with Crippen molar-refractivity contribution < 1.29 is 22.4 Å². The van der Waals surface area contributed by atoms with Crippen molar-refractivity contribution in [2.45, 2.75) is 52.1 Å². The standard InChI is InChI=1S/C19H23F3N2O2/c1-12-15(26-17(24-12)18(2,3)4)10-7-11-23-16(25)13-8-5-6-9-14(13)19(20,21)22/h5-6,8-9H,7,10-11H2,1-4H3,(H,23,25). The van der Waals surface area contributed by atoms with Crippen LogP contribution in [0.1, 0.15) is 60.5 Å². The molecule has 1 aromatic heterocycles. The second kappa shape index (κ2) is 7.51. The summed E-state index contributed by atoms with van der Waals surface area (Å²) in [7, 11) is 0. The van der Waals surface area contributed by atoms with Crippen LogP contribution in [0.4, 0.5) is 13.2 Å². The number of rotatable bonds is 5. The van der Waals surface area contributed by atoms with E-state index in [4.69, 9.17) is 4.42 Å². The van der Waals surface area contributed by atoms with Crippen LogP contribution in [-0.4, -0.2) is 17.4 Å². The highest BCUT2D eigenvalue weighted by Crippen LogP contribution is 2.31. The smallest absolute Gasteiger partial charge is 0.417 e. The average molecular weight is 368 g/mol. The minimum Gasteiger partial charge on any atom is -0.445 e. The molecule has 7 heteroatoms. The molecule has 0 unspecified atom stereocenters. The Kier molecular flexibility index (Phi) is 5.78. The molecular weight excluding hydrogens is 345 g/mol. The number of nitrogens with zero attached hydrogens (tertiary/aromatic N) is 1. The van der Waals surface area contributed by atoms with Crippen LogP contribution in [0.3, 0.4) is 0 Å². The van der Waals surface area contributed by atoms with Crippen molar-refractivity contribution in [3.8, 4) is 0 Å². The summed E-state index contributed by atoms with van der Waals surface area (Å²) < 4.78 is 44.6. The average Bonchev–Trinajstić information content (AvgIpc) is 2.92. The van der Waals surface area contributed by atoms with E-state index in [-0.39, 0.29) is 17.5 Å². The minimum absolute atomic E-state index is 0.196. The lowest BCUT2D eigenvalue weighted by atomic mass is 9.97. The van der Waals surface area contributed by atoms with Crippen molar-refractivity contribution in [2.75, 3.05) is 6.54 Å². The highest BCUT2D eigenvalue weighted by molar-refractivity contribution is 5.95. The molecule has 0 atom stereocenters. The fourth-order valence-corrected chi connectivity index (χ4v) is 2.46. The van der Waals surface area contributed by atoms with Gasteiger partial charge in [-0.1, -0.05) is 32.9 Å².